The molecule has 0 aliphatic heterocycles. The Bertz CT molecular complexity index is 6.14. The summed E-state index contributed by atoms with van der Waals surface area (Å²) >= 11 is 0. The van der Waals surface area contributed by atoms with E-state index in [4.69, 9.17) is 0 Å². The van der Waals surface area contributed by atoms with Gasteiger partial charge in [0, 0.05) is 35.6 Å². The van der Waals surface area contributed by atoms with Gasteiger partial charge in [0.1, 0.15) is 0 Å². The predicted molar refractivity (Wildman–Crippen MR) is 31.3 cm³/mol. The van der Waals surface area contributed by atoms with Crippen molar-refractivity contribution in [2.75, 3.05) is 0 Å². The molecule has 0 heterocycles. The van der Waals surface area contributed by atoms with Crippen molar-refractivity contribution >= 4 is 0 Å². The van der Waals surface area contributed by atoms with Crippen LogP contribution in [0.25, 0.3) is 0 Å². The molecule has 0 spiro atoms. The first-order valence-electron chi connectivity index (χ1n) is 2.36. The van der Waals surface area contributed by atoms with E-state index in [1.165, 1.54) is 0 Å². The fraction of sp³-hybridized carbons (Fsp3) is 0.667. The quantitative estimate of drug-likeness (QED) is 0.555. The van der Waals surface area contributed by atoms with Crippen molar-refractivity contribution < 1.29 is 35.6 Å². The molecule has 0 aliphatic rings. The zero-order chi connectivity index (χ0) is 5.41. The van der Waals surface area contributed by atoms with Gasteiger partial charge in [-0.1, -0.05) is 6.92 Å². The Kier molecular flexibility index (Phi) is 60.7. The van der Waals surface area contributed by atoms with Gasteiger partial charge >= 0.3 is 0 Å². The summed E-state index contributed by atoms with van der Waals surface area (Å²) in [4.78, 5) is 0. The van der Waals surface area contributed by atoms with Gasteiger partial charge in [0.15, 0.2) is 0 Å². The molecule has 0 rings (SSSR count). The van der Waals surface area contributed by atoms with Crippen LogP contribution in [0.3, 0.4) is 0 Å². The summed E-state index contributed by atoms with van der Waals surface area (Å²) in [5.41, 5.74) is 0. The third-order valence-corrected chi connectivity index (χ3v) is 0. The van der Waals surface area contributed by atoms with Crippen LogP contribution in [-0.2, 0) is 0 Å². The second-order valence-electron chi connectivity index (χ2n) is 1.08. The SMILES string of the molecule is C[CH-]C.[CH2-]CC.[La]. The largest absolute Gasteiger partial charge is 0.344 e. The molecule has 1 heteroatoms. The van der Waals surface area contributed by atoms with Crippen molar-refractivity contribution in [2.24, 2.45) is 0 Å². The molecule has 0 aromatic rings. The molecular weight excluding hydrogens is 211 g/mol. The second kappa shape index (κ2) is 27.1. The van der Waals surface area contributed by atoms with Gasteiger partial charge in [-0.15, -0.1) is 0 Å². The Labute approximate surface area is 75.7 Å². The van der Waals surface area contributed by atoms with Crippen LogP contribution < -0.4 is 0 Å². The minimum Gasteiger partial charge on any atom is -0.344 e. The monoisotopic (exact) mass is 225 g/mol. The minimum absolute atomic E-state index is 0. The first kappa shape index (κ1) is 15.7. The van der Waals surface area contributed by atoms with Crippen LogP contribution in [0.4, 0.5) is 0 Å². The summed E-state index contributed by atoms with van der Waals surface area (Å²) in [6, 6.07) is 0. The maximum atomic E-state index is 3.49. The van der Waals surface area contributed by atoms with Crippen molar-refractivity contribution in [1.82, 2.24) is 0 Å². The molecule has 0 bridgehead atoms. The van der Waals surface area contributed by atoms with Crippen molar-refractivity contribution in [3.8, 4) is 0 Å². The van der Waals surface area contributed by atoms with Gasteiger partial charge in [0.25, 0.3) is 0 Å². The third-order valence-electron chi connectivity index (χ3n) is 0. The van der Waals surface area contributed by atoms with Gasteiger partial charge < -0.3 is 13.3 Å². The third kappa shape index (κ3) is 136. The summed E-state index contributed by atoms with van der Waals surface area (Å²) in [6.45, 7) is 9.50. The van der Waals surface area contributed by atoms with E-state index in [9.17, 15) is 0 Å². The summed E-state index contributed by atoms with van der Waals surface area (Å²) in [7, 11) is 0. The second-order valence-corrected chi connectivity index (χ2v) is 1.08. The van der Waals surface area contributed by atoms with E-state index >= 15 is 0 Å². The van der Waals surface area contributed by atoms with Gasteiger partial charge in [-0.05, 0) is 0 Å². The van der Waals surface area contributed by atoms with E-state index in [-0.39, 0.29) is 35.6 Å². The van der Waals surface area contributed by atoms with Crippen LogP contribution in [0.1, 0.15) is 27.2 Å². The molecule has 0 fully saturated rings. The van der Waals surface area contributed by atoms with Gasteiger partial charge in [-0.3, -0.25) is 0 Å². The number of hydrogen-bond acceptors (Lipinski definition) is 0. The van der Waals surface area contributed by atoms with Crippen LogP contribution >= 0.6 is 0 Å². The van der Waals surface area contributed by atoms with Gasteiger partial charge in [-0.2, -0.15) is 20.3 Å². The smallest absolute Gasteiger partial charge is 0 e. The van der Waals surface area contributed by atoms with Crippen molar-refractivity contribution in [2.45, 2.75) is 27.2 Å². The Morgan fingerprint density at radius 3 is 1.43 bits per heavy atom. The van der Waals surface area contributed by atoms with E-state index in [0.717, 1.165) is 6.42 Å². The Morgan fingerprint density at radius 2 is 1.43 bits per heavy atom. The van der Waals surface area contributed by atoms with Gasteiger partial charge in [-0.25, -0.2) is 0 Å². The van der Waals surface area contributed by atoms with E-state index in [1.807, 2.05) is 27.2 Å². The average Bonchev–Trinajstić information content (AvgIpc) is 1.39. The first-order valence-corrected chi connectivity index (χ1v) is 2.36. The maximum absolute atomic E-state index is 3.49. The van der Waals surface area contributed by atoms with Crippen LogP contribution in [-0.4, -0.2) is 0 Å². The van der Waals surface area contributed by atoms with Crippen LogP contribution in [0, 0.1) is 48.9 Å². The average molecular weight is 225 g/mol. The molecule has 43 valence electrons. The predicted octanol–water partition coefficient (Wildman–Crippen LogP) is 2.46. The molecule has 0 amide bonds. The molecule has 0 nitrogen and oxygen atoms in total. The molecule has 0 aromatic carbocycles. The summed E-state index contributed by atoms with van der Waals surface area (Å²) in [5.74, 6) is 0. The van der Waals surface area contributed by atoms with Crippen LogP contribution in [0.2, 0.25) is 0 Å². The molecule has 0 aromatic heterocycles. The van der Waals surface area contributed by atoms with Gasteiger partial charge in [0.05, 0.1) is 0 Å². The molecule has 1 radical (unpaired) electrons. The zero-order valence-electron chi connectivity index (χ0n) is 5.57. The van der Waals surface area contributed by atoms with Crippen molar-refractivity contribution in [3.05, 3.63) is 13.3 Å². The fourth-order valence-electron chi connectivity index (χ4n) is 0. The maximum Gasteiger partial charge on any atom is 0 e. The number of hydrogen-bond donors (Lipinski definition) is 0. The van der Waals surface area contributed by atoms with Crippen molar-refractivity contribution in [1.29, 1.82) is 0 Å². The topological polar surface area (TPSA) is 0 Å². The normalized spacial score (nSPS) is 5.14. The summed E-state index contributed by atoms with van der Waals surface area (Å²) in [5, 5.41) is 0. The first-order chi connectivity index (χ1) is 2.83. The zero-order valence-corrected chi connectivity index (χ0v) is 9.19. The van der Waals surface area contributed by atoms with E-state index in [2.05, 4.69) is 6.92 Å². The molecule has 0 aliphatic carbocycles. The summed E-state index contributed by atoms with van der Waals surface area (Å²) in [6.07, 6.45) is 3.00. The minimum atomic E-state index is 0. The Hall–Kier alpha value is 1.19. The molecule has 0 unspecified atom stereocenters. The molecule has 7 heavy (non-hydrogen) atoms. The molecular formula is C6H14La-2. The van der Waals surface area contributed by atoms with Gasteiger partial charge in [0.2, 0.25) is 0 Å². The number of rotatable bonds is 0. The van der Waals surface area contributed by atoms with E-state index in [1.54, 1.807) is 0 Å². The van der Waals surface area contributed by atoms with Crippen LogP contribution in [0.15, 0.2) is 0 Å². The molecule has 0 saturated carbocycles. The Balaban J connectivity index is -0.0000000400. The van der Waals surface area contributed by atoms with E-state index in [0.29, 0.717) is 0 Å². The van der Waals surface area contributed by atoms with E-state index < -0.39 is 0 Å². The fourth-order valence-corrected chi connectivity index (χ4v) is 0. The standard InChI is InChI=1S/2C3H7.La/c2*1-3-2;/h3H,1-2H3;1,3H2,2H3;/q2*-1;. The van der Waals surface area contributed by atoms with Crippen molar-refractivity contribution in [3.63, 3.8) is 0 Å². The Morgan fingerprint density at radius 1 is 1.43 bits per heavy atom. The van der Waals surface area contributed by atoms with Crippen LogP contribution in [0.5, 0.6) is 0 Å². The molecule has 0 N–H and O–H groups in total. The summed E-state index contributed by atoms with van der Waals surface area (Å²) < 4.78 is 0. The molecule has 0 saturated heterocycles. The molecule has 0 atom stereocenters.